The van der Waals surface area contributed by atoms with Gasteiger partial charge in [-0.15, -0.1) is 0 Å². The normalized spacial score (nSPS) is 22.1. The molecule has 2 saturated heterocycles. The van der Waals surface area contributed by atoms with Crippen molar-refractivity contribution in [1.82, 2.24) is 19.7 Å². The summed E-state index contributed by atoms with van der Waals surface area (Å²) in [6, 6.07) is 6.20. The molecule has 1 spiro atoms. The van der Waals surface area contributed by atoms with Gasteiger partial charge in [-0.2, -0.15) is 5.10 Å². The molecule has 4 rings (SSSR count). The van der Waals surface area contributed by atoms with Crippen LogP contribution in [0.5, 0.6) is 0 Å². The molecule has 0 unspecified atom stereocenters. The first-order valence-electron chi connectivity index (χ1n) is 9.94. The van der Waals surface area contributed by atoms with Crippen LogP contribution < -0.4 is 0 Å². The Labute approximate surface area is 161 Å². The number of aryl methyl sites for hydroxylation is 2. The second-order valence-corrected chi connectivity index (χ2v) is 8.13. The van der Waals surface area contributed by atoms with Gasteiger partial charge in [0, 0.05) is 52.3 Å². The molecule has 0 radical (unpaired) electrons. The third-order valence-corrected chi connectivity index (χ3v) is 5.79. The van der Waals surface area contributed by atoms with Crippen LogP contribution in [0.3, 0.4) is 0 Å². The van der Waals surface area contributed by atoms with Crippen LogP contribution in [0, 0.1) is 12.8 Å². The van der Waals surface area contributed by atoms with Gasteiger partial charge in [-0.3, -0.25) is 14.6 Å². The van der Waals surface area contributed by atoms with Crippen molar-refractivity contribution in [2.75, 3.05) is 26.3 Å². The Kier molecular flexibility index (Phi) is 5.57. The van der Waals surface area contributed by atoms with Crippen LogP contribution in [-0.4, -0.2) is 51.6 Å². The van der Waals surface area contributed by atoms with Crippen LogP contribution in [0.15, 0.2) is 30.6 Å². The lowest BCUT2D eigenvalue weighted by atomic mass is 9.79. The maximum absolute atomic E-state index is 6.20. The fraction of sp³-hybridized carbons (Fsp3) is 0.619. The molecule has 2 aromatic rings. The number of likely N-dealkylation sites (tertiary alicyclic amines) is 1. The average molecular weight is 370 g/mol. The van der Waals surface area contributed by atoms with Gasteiger partial charge >= 0.3 is 0 Å². The Bertz CT molecular complexity index is 740. The van der Waals surface area contributed by atoms with Gasteiger partial charge in [0.05, 0.1) is 23.6 Å². The van der Waals surface area contributed by atoms with E-state index in [-0.39, 0.29) is 5.60 Å². The largest absolute Gasteiger partial charge is 0.377 e. The van der Waals surface area contributed by atoms with Gasteiger partial charge in [-0.25, -0.2) is 0 Å². The molecule has 0 saturated carbocycles. The molecule has 6 nitrogen and oxygen atoms in total. The number of hydrogen-bond acceptors (Lipinski definition) is 5. The van der Waals surface area contributed by atoms with E-state index in [1.807, 2.05) is 43.2 Å². The van der Waals surface area contributed by atoms with Crippen LogP contribution in [-0.2, 0) is 29.7 Å². The fourth-order valence-corrected chi connectivity index (χ4v) is 4.44. The van der Waals surface area contributed by atoms with E-state index in [0.717, 1.165) is 57.8 Å². The Morgan fingerprint density at radius 1 is 1.30 bits per heavy atom. The molecule has 0 bridgehead atoms. The summed E-state index contributed by atoms with van der Waals surface area (Å²) in [6.45, 7) is 7.45. The first-order valence-corrected chi connectivity index (χ1v) is 9.94. The van der Waals surface area contributed by atoms with Crippen molar-refractivity contribution in [2.45, 2.75) is 44.9 Å². The summed E-state index contributed by atoms with van der Waals surface area (Å²) in [5.41, 5.74) is 3.62. The number of pyridine rings is 1. The van der Waals surface area contributed by atoms with Crippen molar-refractivity contribution < 1.29 is 9.47 Å². The number of ether oxygens (including phenoxy) is 2. The van der Waals surface area contributed by atoms with Crippen LogP contribution in [0.4, 0.5) is 0 Å². The van der Waals surface area contributed by atoms with Gasteiger partial charge in [0.2, 0.25) is 0 Å². The molecule has 1 atom stereocenters. The smallest absolute Gasteiger partial charge is 0.0937 e. The van der Waals surface area contributed by atoms with Gasteiger partial charge in [-0.1, -0.05) is 0 Å². The van der Waals surface area contributed by atoms with Gasteiger partial charge < -0.3 is 9.47 Å². The molecule has 2 fully saturated rings. The summed E-state index contributed by atoms with van der Waals surface area (Å²) in [5.74, 6) is 0.706. The highest BCUT2D eigenvalue weighted by Gasteiger charge is 2.47. The van der Waals surface area contributed by atoms with E-state index in [1.54, 1.807) is 0 Å². The van der Waals surface area contributed by atoms with Gasteiger partial charge in [0.1, 0.15) is 0 Å². The zero-order valence-corrected chi connectivity index (χ0v) is 16.4. The van der Waals surface area contributed by atoms with E-state index in [9.17, 15) is 0 Å². The monoisotopic (exact) mass is 370 g/mol. The number of nitrogens with zero attached hydrogens (tertiary/aromatic N) is 4. The lowest BCUT2D eigenvalue weighted by molar-refractivity contribution is -0.182. The van der Waals surface area contributed by atoms with E-state index in [0.29, 0.717) is 12.5 Å². The van der Waals surface area contributed by atoms with E-state index in [2.05, 4.69) is 21.0 Å². The predicted octanol–water partition coefficient (Wildman–Crippen LogP) is 2.71. The van der Waals surface area contributed by atoms with Gasteiger partial charge in [0.25, 0.3) is 0 Å². The van der Waals surface area contributed by atoms with Gasteiger partial charge in [0.15, 0.2) is 0 Å². The lowest BCUT2D eigenvalue weighted by Gasteiger charge is -2.53. The highest BCUT2D eigenvalue weighted by atomic mass is 16.5. The Balaban J connectivity index is 1.19. The zero-order chi connectivity index (χ0) is 18.7. The lowest BCUT2D eigenvalue weighted by Crippen LogP contribution is -2.64. The van der Waals surface area contributed by atoms with E-state index in [1.165, 1.54) is 11.3 Å². The minimum Gasteiger partial charge on any atom is -0.377 e. The van der Waals surface area contributed by atoms with Crippen molar-refractivity contribution in [1.29, 1.82) is 0 Å². The second-order valence-electron chi connectivity index (χ2n) is 8.13. The zero-order valence-electron chi connectivity index (χ0n) is 16.4. The quantitative estimate of drug-likeness (QED) is 0.702. The van der Waals surface area contributed by atoms with Crippen LogP contribution in [0.1, 0.15) is 36.2 Å². The first kappa shape index (κ1) is 18.6. The number of rotatable bonds is 7. The molecule has 2 aromatic heterocycles. The molecule has 2 aliphatic heterocycles. The maximum Gasteiger partial charge on any atom is 0.0937 e. The van der Waals surface area contributed by atoms with Crippen molar-refractivity contribution in [3.05, 3.63) is 47.5 Å². The molecule has 0 amide bonds. The molecule has 2 aliphatic rings. The molecule has 0 N–H and O–H groups in total. The molecule has 4 heterocycles. The summed E-state index contributed by atoms with van der Waals surface area (Å²) in [5, 5.41) is 4.44. The fourth-order valence-electron chi connectivity index (χ4n) is 4.44. The molecule has 146 valence electrons. The SMILES string of the molecule is Cc1cc(CN2CC3(C[C@@H](CCOCc4ccncc4)CCO3)C2)n(C)n1. The molecule has 0 aromatic carbocycles. The van der Waals surface area contributed by atoms with Crippen LogP contribution >= 0.6 is 0 Å². The first-order chi connectivity index (χ1) is 13.1. The topological polar surface area (TPSA) is 52.4 Å². The van der Waals surface area contributed by atoms with E-state index in [4.69, 9.17) is 9.47 Å². The highest BCUT2D eigenvalue weighted by Crippen LogP contribution is 2.38. The van der Waals surface area contributed by atoms with Crippen molar-refractivity contribution in [3.8, 4) is 0 Å². The molecule has 0 aliphatic carbocycles. The molecule has 6 heteroatoms. The average Bonchev–Trinajstić information content (AvgIpc) is 2.96. The molecular formula is C21H30N4O2. The predicted molar refractivity (Wildman–Crippen MR) is 103 cm³/mol. The van der Waals surface area contributed by atoms with E-state index >= 15 is 0 Å². The molecule has 27 heavy (non-hydrogen) atoms. The third kappa shape index (κ3) is 4.57. The number of hydrogen-bond donors (Lipinski definition) is 0. The second kappa shape index (κ2) is 8.09. The third-order valence-electron chi connectivity index (χ3n) is 5.79. The summed E-state index contributed by atoms with van der Waals surface area (Å²) >= 11 is 0. The Hall–Kier alpha value is -1.76. The van der Waals surface area contributed by atoms with Crippen LogP contribution in [0.2, 0.25) is 0 Å². The minimum atomic E-state index is 0.0711. The van der Waals surface area contributed by atoms with Crippen LogP contribution in [0.25, 0.3) is 0 Å². The highest BCUT2D eigenvalue weighted by molar-refractivity contribution is 5.11. The maximum atomic E-state index is 6.20. The van der Waals surface area contributed by atoms with Crippen molar-refractivity contribution >= 4 is 0 Å². The summed E-state index contributed by atoms with van der Waals surface area (Å²) in [4.78, 5) is 6.51. The summed E-state index contributed by atoms with van der Waals surface area (Å²) in [6.07, 6.45) is 7.07. The minimum absolute atomic E-state index is 0.0711. The van der Waals surface area contributed by atoms with Crippen molar-refractivity contribution in [3.63, 3.8) is 0 Å². The number of aromatic nitrogens is 3. The summed E-state index contributed by atoms with van der Waals surface area (Å²) in [7, 11) is 2.02. The van der Waals surface area contributed by atoms with Crippen molar-refractivity contribution in [2.24, 2.45) is 13.0 Å². The molecular weight excluding hydrogens is 340 g/mol. The summed E-state index contributed by atoms with van der Waals surface area (Å²) < 4.78 is 14.1. The Morgan fingerprint density at radius 3 is 2.85 bits per heavy atom. The van der Waals surface area contributed by atoms with E-state index < -0.39 is 0 Å². The van der Waals surface area contributed by atoms with Gasteiger partial charge in [-0.05, 0) is 55.9 Å². The standard InChI is InChI=1S/C21H30N4O2/c1-17-11-20(24(2)23-17)13-25-15-21(16-25)12-18(6-10-27-21)5-9-26-14-19-3-7-22-8-4-19/h3-4,7-8,11,18H,5-6,9-10,12-16H2,1-2H3/t18-/m0/s1. The Morgan fingerprint density at radius 2 is 2.11 bits per heavy atom.